The fraction of sp³-hybridized carbons (Fsp3) is 0.524. The van der Waals surface area contributed by atoms with Gasteiger partial charge in [0, 0.05) is 10.4 Å². The standard InChI is InChI=1S/C21H25N3O4S2/c1-11-7-8-13-15(9-11)30-19(17(13)20(27)28-2)23-16(25)10-29-21-22-14-6-4-3-5-12(14)18(26)24-21/h11H,3-10H2,1-2H3,(H,23,25)(H,22,24,26)/t11-/m1/s1. The molecule has 7 nitrogen and oxygen atoms in total. The van der Waals surface area contributed by atoms with Crippen LogP contribution >= 0.6 is 23.1 Å². The topological polar surface area (TPSA) is 101 Å². The number of aryl methyl sites for hydroxylation is 1. The minimum atomic E-state index is -0.411. The maximum Gasteiger partial charge on any atom is 0.341 e. The van der Waals surface area contributed by atoms with Crippen LogP contribution in [0, 0.1) is 5.92 Å². The Bertz CT molecular complexity index is 1040. The van der Waals surface area contributed by atoms with Gasteiger partial charge in [0.15, 0.2) is 5.16 Å². The fourth-order valence-corrected chi connectivity index (χ4v) is 6.20. The predicted molar refractivity (Wildman–Crippen MR) is 118 cm³/mol. The van der Waals surface area contributed by atoms with Crippen LogP contribution in [0.4, 0.5) is 5.00 Å². The lowest BCUT2D eigenvalue weighted by Crippen LogP contribution is -2.22. The van der Waals surface area contributed by atoms with Crippen LogP contribution in [-0.4, -0.2) is 34.7 Å². The number of nitrogens with one attached hydrogen (secondary N) is 2. The van der Waals surface area contributed by atoms with Crippen LogP contribution in [-0.2, 0) is 35.2 Å². The second kappa shape index (κ2) is 8.93. The molecule has 0 saturated heterocycles. The average molecular weight is 448 g/mol. The van der Waals surface area contributed by atoms with E-state index in [1.807, 2.05) is 0 Å². The summed E-state index contributed by atoms with van der Waals surface area (Å²) in [6.45, 7) is 2.20. The van der Waals surface area contributed by atoms with Crippen LogP contribution in [0.15, 0.2) is 9.95 Å². The summed E-state index contributed by atoms with van der Waals surface area (Å²) in [6, 6.07) is 0. The molecule has 2 aromatic heterocycles. The molecule has 2 aliphatic rings. The van der Waals surface area contributed by atoms with E-state index in [1.165, 1.54) is 30.2 Å². The number of H-pyrrole nitrogens is 1. The van der Waals surface area contributed by atoms with Crippen LogP contribution in [0.5, 0.6) is 0 Å². The van der Waals surface area contributed by atoms with Crippen molar-refractivity contribution in [2.45, 2.75) is 57.0 Å². The van der Waals surface area contributed by atoms with E-state index < -0.39 is 5.97 Å². The Morgan fingerprint density at radius 1 is 1.27 bits per heavy atom. The van der Waals surface area contributed by atoms with E-state index in [9.17, 15) is 14.4 Å². The van der Waals surface area contributed by atoms with Crippen LogP contribution < -0.4 is 10.9 Å². The number of aromatic amines is 1. The van der Waals surface area contributed by atoms with E-state index in [1.54, 1.807) is 0 Å². The summed E-state index contributed by atoms with van der Waals surface area (Å²) in [7, 11) is 1.36. The second-order valence-electron chi connectivity index (χ2n) is 7.89. The van der Waals surface area contributed by atoms with E-state index in [-0.39, 0.29) is 17.2 Å². The first kappa shape index (κ1) is 21.1. The number of hydrogen-bond donors (Lipinski definition) is 2. The molecule has 30 heavy (non-hydrogen) atoms. The van der Waals surface area contributed by atoms with E-state index in [4.69, 9.17) is 4.74 Å². The number of amides is 1. The summed E-state index contributed by atoms with van der Waals surface area (Å²) >= 11 is 2.66. The van der Waals surface area contributed by atoms with Crippen LogP contribution in [0.1, 0.15) is 58.2 Å². The van der Waals surface area contributed by atoms with E-state index >= 15 is 0 Å². The van der Waals surface area contributed by atoms with Gasteiger partial charge in [-0.2, -0.15) is 0 Å². The number of carbonyl (C=O) groups excluding carboxylic acids is 2. The fourth-order valence-electron chi connectivity index (χ4n) is 4.10. The summed E-state index contributed by atoms with van der Waals surface area (Å²) in [5.41, 5.74) is 3.02. The number of methoxy groups -OCH3 is 1. The van der Waals surface area contributed by atoms with Gasteiger partial charge < -0.3 is 15.0 Å². The Kier molecular flexibility index (Phi) is 6.29. The highest BCUT2D eigenvalue weighted by Crippen LogP contribution is 2.40. The highest BCUT2D eigenvalue weighted by molar-refractivity contribution is 7.99. The number of thiophene rings is 1. The Balaban J connectivity index is 1.48. The Labute approximate surface area is 183 Å². The summed E-state index contributed by atoms with van der Waals surface area (Å²) in [5, 5.41) is 3.90. The third-order valence-corrected chi connectivity index (χ3v) is 7.71. The molecule has 160 valence electrons. The summed E-state index contributed by atoms with van der Waals surface area (Å²) in [6.07, 6.45) is 6.37. The van der Waals surface area contributed by atoms with Gasteiger partial charge in [-0.25, -0.2) is 9.78 Å². The van der Waals surface area contributed by atoms with Crippen molar-refractivity contribution in [1.82, 2.24) is 9.97 Å². The number of nitrogens with zero attached hydrogens (tertiary/aromatic N) is 1. The molecule has 2 heterocycles. The molecule has 0 aromatic carbocycles. The number of rotatable bonds is 5. The zero-order chi connectivity index (χ0) is 21.3. The average Bonchev–Trinajstić information content (AvgIpc) is 3.08. The summed E-state index contributed by atoms with van der Waals surface area (Å²) in [4.78, 5) is 45.7. The maximum atomic E-state index is 12.6. The van der Waals surface area contributed by atoms with Gasteiger partial charge in [-0.05, 0) is 56.4 Å². The van der Waals surface area contributed by atoms with Crippen molar-refractivity contribution in [3.63, 3.8) is 0 Å². The SMILES string of the molecule is COC(=O)c1c(NC(=O)CSc2nc3c(c(=O)[nH]2)CCCC3)sc2c1CC[C@@H](C)C2. The highest BCUT2D eigenvalue weighted by atomic mass is 32.2. The molecule has 2 aromatic rings. The minimum absolute atomic E-state index is 0.0985. The van der Waals surface area contributed by atoms with Gasteiger partial charge >= 0.3 is 5.97 Å². The molecule has 0 spiro atoms. The number of esters is 1. The predicted octanol–water partition coefficient (Wildman–Crippen LogP) is 3.35. The Morgan fingerprint density at radius 2 is 2.07 bits per heavy atom. The molecule has 0 fully saturated rings. The normalized spacial score (nSPS) is 17.7. The van der Waals surface area contributed by atoms with Gasteiger partial charge in [-0.1, -0.05) is 18.7 Å². The number of fused-ring (bicyclic) bond motifs is 2. The number of thioether (sulfide) groups is 1. The number of carbonyl (C=O) groups is 2. The molecule has 2 aliphatic carbocycles. The molecule has 2 N–H and O–H groups in total. The molecular formula is C21H25N3O4S2. The highest BCUT2D eigenvalue weighted by Gasteiger charge is 2.29. The van der Waals surface area contributed by atoms with Crippen molar-refractivity contribution in [2.75, 3.05) is 18.2 Å². The first-order chi connectivity index (χ1) is 14.5. The molecule has 0 bridgehead atoms. The first-order valence-corrected chi connectivity index (χ1v) is 12.0. The monoisotopic (exact) mass is 447 g/mol. The van der Waals surface area contributed by atoms with Gasteiger partial charge in [0.05, 0.1) is 24.1 Å². The van der Waals surface area contributed by atoms with Crippen molar-refractivity contribution >= 4 is 40.0 Å². The molecule has 4 rings (SSSR count). The zero-order valence-electron chi connectivity index (χ0n) is 17.1. The van der Waals surface area contributed by atoms with Gasteiger partial charge in [0.1, 0.15) is 5.00 Å². The molecular weight excluding hydrogens is 422 g/mol. The summed E-state index contributed by atoms with van der Waals surface area (Å²) in [5.74, 6) is 0.0110. The lowest BCUT2D eigenvalue weighted by atomic mass is 9.88. The van der Waals surface area contributed by atoms with E-state index in [2.05, 4.69) is 22.2 Å². The number of aromatic nitrogens is 2. The van der Waals surface area contributed by atoms with Crippen molar-refractivity contribution < 1.29 is 14.3 Å². The number of hydrogen-bond acceptors (Lipinski definition) is 7. The van der Waals surface area contributed by atoms with Crippen molar-refractivity contribution in [3.8, 4) is 0 Å². The Hall–Kier alpha value is -2.13. The minimum Gasteiger partial charge on any atom is -0.465 e. The molecule has 1 atom stereocenters. The van der Waals surface area contributed by atoms with E-state index in [0.717, 1.165) is 66.6 Å². The van der Waals surface area contributed by atoms with Crippen molar-refractivity contribution in [1.29, 1.82) is 0 Å². The smallest absolute Gasteiger partial charge is 0.341 e. The van der Waals surface area contributed by atoms with Gasteiger partial charge in [-0.3, -0.25) is 9.59 Å². The zero-order valence-corrected chi connectivity index (χ0v) is 18.8. The largest absolute Gasteiger partial charge is 0.465 e. The lowest BCUT2D eigenvalue weighted by Gasteiger charge is -2.18. The van der Waals surface area contributed by atoms with Crippen molar-refractivity contribution in [2.24, 2.45) is 5.92 Å². The van der Waals surface area contributed by atoms with Gasteiger partial charge in [0.2, 0.25) is 5.91 Å². The maximum absolute atomic E-state index is 12.6. The van der Waals surface area contributed by atoms with Gasteiger partial charge in [0.25, 0.3) is 5.56 Å². The third kappa shape index (κ3) is 4.32. The number of anilines is 1. The summed E-state index contributed by atoms with van der Waals surface area (Å²) < 4.78 is 4.97. The van der Waals surface area contributed by atoms with Crippen LogP contribution in [0.25, 0.3) is 0 Å². The van der Waals surface area contributed by atoms with Crippen molar-refractivity contribution in [3.05, 3.63) is 37.6 Å². The molecule has 0 saturated carbocycles. The molecule has 0 aliphatic heterocycles. The quantitative estimate of drug-likeness (QED) is 0.414. The van der Waals surface area contributed by atoms with E-state index in [0.29, 0.717) is 21.6 Å². The van der Waals surface area contributed by atoms with Gasteiger partial charge in [-0.15, -0.1) is 11.3 Å². The molecule has 9 heteroatoms. The lowest BCUT2D eigenvalue weighted by molar-refractivity contribution is -0.113. The third-order valence-electron chi connectivity index (χ3n) is 5.66. The number of ether oxygens (including phenoxy) is 1. The Morgan fingerprint density at radius 3 is 2.87 bits per heavy atom. The second-order valence-corrected chi connectivity index (χ2v) is 9.96. The van der Waals surface area contributed by atoms with Crippen LogP contribution in [0.2, 0.25) is 0 Å². The van der Waals surface area contributed by atoms with Crippen LogP contribution in [0.3, 0.4) is 0 Å². The molecule has 1 amide bonds. The first-order valence-electron chi connectivity index (χ1n) is 10.2. The molecule has 0 radical (unpaired) electrons. The molecule has 0 unspecified atom stereocenters.